The summed E-state index contributed by atoms with van der Waals surface area (Å²) >= 11 is -10.9. The Labute approximate surface area is 60.5 Å². The van der Waals surface area contributed by atoms with Crippen molar-refractivity contribution in [2.24, 2.45) is 0 Å². The third kappa shape index (κ3) is 4.95. The molecule has 0 aliphatic heterocycles. The Morgan fingerprint density at radius 1 is 1.20 bits per heavy atom. The van der Waals surface area contributed by atoms with Crippen LogP contribution in [0.15, 0.2) is 0 Å². The van der Waals surface area contributed by atoms with Crippen LogP contribution in [-0.4, -0.2) is 38.0 Å². The van der Waals surface area contributed by atoms with Crippen LogP contribution in [0.4, 0.5) is 0 Å². The minimum atomic E-state index is -5.66. The van der Waals surface area contributed by atoms with Gasteiger partial charge in [0.2, 0.25) is 0 Å². The normalized spacial score (nSPS) is 13.4. The maximum atomic E-state index is 10.1. The molecule has 1 N–H and O–H groups in total. The van der Waals surface area contributed by atoms with Crippen LogP contribution in [0.2, 0.25) is 0 Å². The summed E-state index contributed by atoms with van der Waals surface area (Å²) < 4.78 is 54.5. The van der Waals surface area contributed by atoms with E-state index in [4.69, 9.17) is 4.19 Å². The molecule has 0 heterocycles. The van der Waals surface area contributed by atoms with Crippen LogP contribution in [-0.2, 0) is 22.1 Å². The molecular formula is CH4O7Se2. The third-order valence-electron chi connectivity index (χ3n) is 0.373. The van der Waals surface area contributed by atoms with Gasteiger partial charge in [-0.05, 0) is 0 Å². The fourth-order valence-electron chi connectivity index (χ4n) is 0.133. The molecule has 0 aromatic heterocycles. The van der Waals surface area contributed by atoms with Gasteiger partial charge in [0.05, 0.1) is 0 Å². The van der Waals surface area contributed by atoms with Gasteiger partial charge in [-0.3, -0.25) is 0 Å². The summed E-state index contributed by atoms with van der Waals surface area (Å²) in [5.41, 5.74) is 0. The predicted molar refractivity (Wildman–Crippen MR) is 24.6 cm³/mol. The van der Waals surface area contributed by atoms with Crippen molar-refractivity contribution in [2.45, 2.75) is 0 Å². The molecule has 0 saturated carbocycles. The summed E-state index contributed by atoms with van der Waals surface area (Å²) in [5.74, 6) is 0. The van der Waals surface area contributed by atoms with Crippen LogP contribution >= 0.6 is 0 Å². The molecule has 0 bridgehead atoms. The Morgan fingerprint density at radius 3 is 1.70 bits per heavy atom. The van der Waals surface area contributed by atoms with Crippen molar-refractivity contribution in [3.8, 4) is 0 Å². The second kappa shape index (κ2) is 3.02. The van der Waals surface area contributed by atoms with E-state index < -0.39 is 26.7 Å². The summed E-state index contributed by atoms with van der Waals surface area (Å²) in [4.78, 5) is 0. The van der Waals surface area contributed by atoms with E-state index >= 15 is 0 Å². The fourth-order valence-corrected chi connectivity index (χ4v) is 3.59. The second-order valence-corrected chi connectivity index (χ2v) is 7.05. The van der Waals surface area contributed by atoms with Gasteiger partial charge in [-0.15, -0.1) is 0 Å². The quantitative estimate of drug-likeness (QED) is 0.612. The van der Waals surface area contributed by atoms with Crippen LogP contribution < -0.4 is 0 Å². The van der Waals surface area contributed by atoms with Gasteiger partial charge < -0.3 is 0 Å². The first kappa shape index (κ1) is 10.1. The summed E-state index contributed by atoms with van der Waals surface area (Å²) in [7, 11) is 0.725. The molecule has 9 heteroatoms. The first-order valence-corrected chi connectivity index (χ1v) is 7.42. The van der Waals surface area contributed by atoms with E-state index in [1.165, 1.54) is 0 Å². The third-order valence-corrected chi connectivity index (χ3v) is 5.63. The molecule has 0 rings (SSSR count). The summed E-state index contributed by atoms with van der Waals surface area (Å²) in [6, 6.07) is 0. The van der Waals surface area contributed by atoms with E-state index in [0.29, 0.717) is 0 Å². The molecule has 7 nitrogen and oxygen atoms in total. The average Bonchev–Trinajstić information content (AvgIpc) is 1.60. The van der Waals surface area contributed by atoms with Crippen molar-refractivity contribution >= 4 is 26.7 Å². The van der Waals surface area contributed by atoms with E-state index in [1.54, 1.807) is 0 Å². The first-order chi connectivity index (χ1) is 4.27. The molecule has 0 unspecified atom stereocenters. The van der Waals surface area contributed by atoms with Crippen LogP contribution in [0.3, 0.4) is 0 Å². The van der Waals surface area contributed by atoms with E-state index in [0.717, 1.165) is 7.11 Å². The Balaban J connectivity index is 4.49. The molecular weight excluding hydrogens is 282 g/mol. The van der Waals surface area contributed by atoms with Crippen LogP contribution in [0.25, 0.3) is 0 Å². The number of hydrogen-bond donors (Lipinski definition) is 1. The second-order valence-electron chi connectivity index (χ2n) is 1.07. The zero-order valence-electron chi connectivity index (χ0n) is 4.71. The molecule has 0 aromatic carbocycles. The Hall–Kier alpha value is 0.119. The van der Waals surface area contributed by atoms with Gasteiger partial charge in [0.25, 0.3) is 0 Å². The molecule has 0 aliphatic rings. The van der Waals surface area contributed by atoms with Crippen molar-refractivity contribution < 1.29 is 26.2 Å². The van der Waals surface area contributed by atoms with Gasteiger partial charge in [-0.25, -0.2) is 0 Å². The summed E-state index contributed by atoms with van der Waals surface area (Å²) in [6.45, 7) is 0. The zero-order valence-corrected chi connectivity index (χ0v) is 8.14. The fraction of sp³-hybridized carbons (Fsp3) is 1.00. The number of hydrogen-bond acceptors (Lipinski definition) is 6. The van der Waals surface area contributed by atoms with Gasteiger partial charge in [-0.2, -0.15) is 0 Å². The molecule has 0 amide bonds. The van der Waals surface area contributed by atoms with E-state index in [-0.39, 0.29) is 0 Å². The van der Waals surface area contributed by atoms with Crippen molar-refractivity contribution in [1.29, 1.82) is 0 Å². The summed E-state index contributed by atoms with van der Waals surface area (Å²) in [5, 5.41) is 0. The Bertz CT molecular complexity index is 280. The van der Waals surface area contributed by atoms with Gasteiger partial charge in [-0.1, -0.05) is 0 Å². The van der Waals surface area contributed by atoms with Crippen molar-refractivity contribution in [2.75, 3.05) is 7.11 Å². The molecule has 10 heavy (non-hydrogen) atoms. The van der Waals surface area contributed by atoms with E-state index in [9.17, 15) is 15.3 Å². The topological polar surface area (TPSA) is 107 Å². The standard InChI is InChI=1S/CH4O7Se2/c1-7-10(5,6)8-9(2,3)4/h1H3,(H,2,3,4). The maximum absolute atomic E-state index is 10.1. The molecule has 0 spiro atoms. The Morgan fingerprint density at radius 2 is 1.60 bits per heavy atom. The van der Waals surface area contributed by atoms with Gasteiger partial charge in [0.1, 0.15) is 0 Å². The van der Waals surface area contributed by atoms with Crippen molar-refractivity contribution in [3.05, 3.63) is 0 Å². The SMILES string of the molecule is CO[Se](=O)(=O)O[Se](=O)(=O)O. The molecule has 62 valence electrons. The molecule has 0 aliphatic carbocycles. The van der Waals surface area contributed by atoms with Gasteiger partial charge >= 0.3 is 60.1 Å². The predicted octanol–water partition coefficient (Wildman–Crippen LogP) is -1.77. The number of rotatable bonds is 3. The van der Waals surface area contributed by atoms with Crippen LogP contribution in [0, 0.1) is 0 Å². The van der Waals surface area contributed by atoms with E-state index in [1.807, 2.05) is 0 Å². The zero-order chi connectivity index (χ0) is 8.41. The molecule has 0 aromatic rings. The average molecular weight is 286 g/mol. The molecule has 0 atom stereocenters. The van der Waals surface area contributed by atoms with Crippen molar-refractivity contribution in [1.82, 2.24) is 0 Å². The van der Waals surface area contributed by atoms with Gasteiger partial charge in [0.15, 0.2) is 0 Å². The van der Waals surface area contributed by atoms with Crippen LogP contribution in [0.1, 0.15) is 0 Å². The van der Waals surface area contributed by atoms with Crippen LogP contribution in [0.5, 0.6) is 0 Å². The minimum absolute atomic E-state index is 0.725. The van der Waals surface area contributed by atoms with Gasteiger partial charge in [0, 0.05) is 0 Å². The molecule has 0 radical (unpaired) electrons. The van der Waals surface area contributed by atoms with Crippen molar-refractivity contribution in [3.63, 3.8) is 0 Å². The van der Waals surface area contributed by atoms with E-state index in [2.05, 4.69) is 6.72 Å². The summed E-state index contributed by atoms with van der Waals surface area (Å²) in [6.07, 6.45) is 0. The molecule has 0 saturated heterocycles. The Kier molecular flexibility index (Phi) is 3.05. The monoisotopic (exact) mass is 288 g/mol. The first-order valence-electron chi connectivity index (χ1n) is 1.76. The molecule has 0 fully saturated rings.